The van der Waals surface area contributed by atoms with E-state index in [1.54, 1.807) is 19.9 Å². The number of hydrogen-bond donors (Lipinski definition) is 0. The van der Waals surface area contributed by atoms with Crippen LogP contribution >= 0.6 is 0 Å². The molecule has 0 aromatic heterocycles. The monoisotopic (exact) mass is 474 g/mol. The topological polar surface area (TPSA) is 96.0 Å². The van der Waals surface area contributed by atoms with Crippen LogP contribution in [0.1, 0.15) is 53.9 Å². The molecule has 0 aromatic carbocycles. The predicted octanol–water partition coefficient (Wildman–Crippen LogP) is 3.05. The van der Waals surface area contributed by atoms with Gasteiger partial charge in [-0.05, 0) is 56.3 Å². The molecule has 8 unspecified atom stereocenters. The first kappa shape index (κ1) is 23.5. The summed E-state index contributed by atoms with van der Waals surface area (Å²) in [5.74, 6) is -3.49. The molecule has 3 saturated carbocycles. The van der Waals surface area contributed by atoms with Gasteiger partial charge in [-0.25, -0.2) is 4.39 Å². The van der Waals surface area contributed by atoms with Crippen molar-refractivity contribution in [3.05, 3.63) is 23.8 Å². The second kappa shape index (κ2) is 7.17. The number of hydrogen-bond acceptors (Lipinski definition) is 7. The zero-order valence-corrected chi connectivity index (χ0v) is 20.2. The lowest BCUT2D eigenvalue weighted by Crippen LogP contribution is -2.63. The Kier molecular flexibility index (Phi) is 4.96. The number of rotatable bonds is 3. The highest BCUT2D eigenvalue weighted by Gasteiger charge is 2.77. The van der Waals surface area contributed by atoms with Gasteiger partial charge in [-0.15, -0.1) is 0 Å². The average molecular weight is 475 g/mol. The first-order chi connectivity index (χ1) is 15.7. The van der Waals surface area contributed by atoms with Crippen molar-refractivity contribution in [3.8, 4) is 0 Å². The molecule has 184 valence electrons. The minimum absolute atomic E-state index is 0.0577. The lowest BCUT2D eigenvalue weighted by atomic mass is 9.46. The first-order valence-corrected chi connectivity index (χ1v) is 11.9. The highest BCUT2D eigenvalue weighted by atomic mass is 19.1. The third-order valence-electron chi connectivity index (χ3n) is 9.05. The van der Waals surface area contributed by atoms with E-state index in [4.69, 9.17) is 14.2 Å². The Morgan fingerprint density at radius 3 is 2.56 bits per heavy atom. The number of ether oxygens (including phenoxy) is 3. The van der Waals surface area contributed by atoms with E-state index in [9.17, 15) is 19.2 Å². The van der Waals surface area contributed by atoms with Crippen LogP contribution in [0.2, 0.25) is 0 Å². The molecule has 0 aromatic rings. The van der Waals surface area contributed by atoms with Gasteiger partial charge in [0, 0.05) is 30.1 Å². The van der Waals surface area contributed by atoms with Crippen molar-refractivity contribution in [2.45, 2.75) is 77.5 Å². The number of alkyl halides is 1. The van der Waals surface area contributed by atoms with Crippen LogP contribution in [0.25, 0.3) is 0 Å². The molecule has 34 heavy (non-hydrogen) atoms. The summed E-state index contributed by atoms with van der Waals surface area (Å²) in [5, 5.41) is 0. The van der Waals surface area contributed by atoms with E-state index in [0.717, 1.165) is 0 Å². The maximum absolute atomic E-state index is 15.5. The summed E-state index contributed by atoms with van der Waals surface area (Å²) in [5.41, 5.74) is -2.95. The molecule has 0 radical (unpaired) electrons. The molecule has 0 spiro atoms. The number of carbonyl (C=O) groups excluding carboxylic acids is 4. The van der Waals surface area contributed by atoms with Crippen LogP contribution in [0, 0.1) is 28.6 Å². The Labute approximate surface area is 198 Å². The molecule has 1 saturated heterocycles. The predicted molar refractivity (Wildman–Crippen MR) is 117 cm³/mol. The molecular weight excluding hydrogens is 443 g/mol. The summed E-state index contributed by atoms with van der Waals surface area (Å²) in [6.07, 6.45) is 3.03. The van der Waals surface area contributed by atoms with Crippen LogP contribution < -0.4 is 0 Å². The summed E-state index contributed by atoms with van der Waals surface area (Å²) < 4.78 is 33.1. The summed E-state index contributed by atoms with van der Waals surface area (Å²) in [4.78, 5) is 50.9. The minimum Gasteiger partial charge on any atom is -0.458 e. The van der Waals surface area contributed by atoms with Crippen LogP contribution in [0.4, 0.5) is 4.39 Å². The van der Waals surface area contributed by atoms with Gasteiger partial charge in [0.1, 0.15) is 12.0 Å². The van der Waals surface area contributed by atoms with Gasteiger partial charge in [0.15, 0.2) is 23.8 Å². The highest BCUT2D eigenvalue weighted by molar-refractivity contribution is 6.02. The van der Waals surface area contributed by atoms with Crippen molar-refractivity contribution in [2.24, 2.45) is 28.6 Å². The summed E-state index contributed by atoms with van der Waals surface area (Å²) >= 11 is 0. The number of Topliss-reactive ketones (excluding diaryl/α,β-unsaturated/α-hetero) is 2. The minimum atomic E-state index is -1.47. The summed E-state index contributed by atoms with van der Waals surface area (Å²) in [6, 6.07) is 0. The van der Waals surface area contributed by atoms with E-state index in [-0.39, 0.29) is 36.2 Å². The molecule has 8 heteroatoms. The quantitative estimate of drug-likeness (QED) is 0.580. The Morgan fingerprint density at radius 2 is 1.88 bits per heavy atom. The molecule has 8 atom stereocenters. The summed E-state index contributed by atoms with van der Waals surface area (Å²) in [6.45, 7) is 7.89. The van der Waals surface area contributed by atoms with E-state index >= 15 is 4.39 Å². The molecular formula is C26H31FO7. The number of fused-ring (bicyclic) bond motifs is 7. The molecule has 4 aliphatic carbocycles. The van der Waals surface area contributed by atoms with E-state index in [1.807, 2.05) is 13.8 Å². The van der Waals surface area contributed by atoms with Crippen LogP contribution in [0.3, 0.4) is 0 Å². The Balaban J connectivity index is 1.59. The van der Waals surface area contributed by atoms with Crippen molar-refractivity contribution < 1.29 is 37.8 Å². The SMILES string of the molecule is CC(=O)OCC(=O)C12OC(C)(C)OC1CC1C3CC(F)C4=CC(=O)C=CC4(C)C3C(=O)CC12C. The lowest BCUT2D eigenvalue weighted by molar-refractivity contribution is -0.215. The maximum atomic E-state index is 15.5. The van der Waals surface area contributed by atoms with Gasteiger partial charge in [0.05, 0.1) is 6.10 Å². The van der Waals surface area contributed by atoms with Crippen molar-refractivity contribution in [3.63, 3.8) is 0 Å². The number of halogens is 1. The van der Waals surface area contributed by atoms with E-state index in [1.165, 1.54) is 19.1 Å². The second-order valence-corrected chi connectivity index (χ2v) is 11.4. The molecule has 1 aliphatic heterocycles. The Bertz CT molecular complexity index is 1060. The maximum Gasteiger partial charge on any atom is 0.303 e. The van der Waals surface area contributed by atoms with Gasteiger partial charge in [0.25, 0.3) is 0 Å². The lowest BCUT2D eigenvalue weighted by Gasteiger charge is -2.57. The van der Waals surface area contributed by atoms with Crippen LogP contribution in [0.5, 0.6) is 0 Å². The van der Waals surface area contributed by atoms with Crippen LogP contribution in [-0.4, -0.2) is 53.6 Å². The molecule has 0 N–H and O–H groups in total. The fourth-order valence-electron chi connectivity index (χ4n) is 7.91. The zero-order chi connectivity index (χ0) is 24.8. The second-order valence-electron chi connectivity index (χ2n) is 11.4. The van der Waals surface area contributed by atoms with E-state index in [0.29, 0.717) is 12.0 Å². The van der Waals surface area contributed by atoms with Gasteiger partial charge < -0.3 is 14.2 Å². The van der Waals surface area contributed by atoms with Gasteiger partial charge >= 0.3 is 5.97 Å². The standard InChI is InChI=1S/C26H31FO7/c1-13(28)32-12-20(31)26-21(33-23(2,3)34-26)10-16-15-9-18(27)17-8-14(29)6-7-24(17,4)22(15)19(30)11-25(16,26)5/h6-8,15-16,18,21-22H,9-12H2,1-5H3. The number of allylic oxidation sites excluding steroid dienone is 4. The smallest absolute Gasteiger partial charge is 0.303 e. The molecule has 5 aliphatic rings. The number of carbonyl (C=O) groups is 4. The highest BCUT2D eigenvalue weighted by Crippen LogP contribution is 2.69. The fourth-order valence-corrected chi connectivity index (χ4v) is 7.91. The zero-order valence-electron chi connectivity index (χ0n) is 20.2. The third kappa shape index (κ3) is 2.94. The molecule has 0 bridgehead atoms. The summed E-state index contributed by atoms with van der Waals surface area (Å²) in [7, 11) is 0. The molecule has 1 heterocycles. The largest absolute Gasteiger partial charge is 0.458 e. The first-order valence-electron chi connectivity index (χ1n) is 11.9. The van der Waals surface area contributed by atoms with Crippen LogP contribution in [0.15, 0.2) is 23.8 Å². The van der Waals surface area contributed by atoms with Crippen molar-refractivity contribution in [2.75, 3.05) is 6.61 Å². The van der Waals surface area contributed by atoms with E-state index < -0.39 is 58.8 Å². The average Bonchev–Trinajstić information content (AvgIpc) is 3.13. The van der Waals surface area contributed by atoms with Crippen molar-refractivity contribution in [1.29, 1.82) is 0 Å². The Morgan fingerprint density at radius 1 is 1.18 bits per heavy atom. The van der Waals surface area contributed by atoms with Crippen LogP contribution in [-0.2, 0) is 33.4 Å². The number of ketones is 3. The Hall–Kier alpha value is -2.19. The van der Waals surface area contributed by atoms with Crippen molar-refractivity contribution in [1.82, 2.24) is 0 Å². The van der Waals surface area contributed by atoms with Crippen molar-refractivity contribution >= 4 is 23.3 Å². The molecule has 0 amide bonds. The molecule has 7 nitrogen and oxygen atoms in total. The molecule has 4 fully saturated rings. The van der Waals surface area contributed by atoms with Gasteiger partial charge in [-0.1, -0.05) is 19.9 Å². The third-order valence-corrected chi connectivity index (χ3v) is 9.05. The normalized spacial score (nSPS) is 46.2. The fraction of sp³-hybridized carbons (Fsp3) is 0.692. The van der Waals surface area contributed by atoms with Gasteiger partial charge in [-0.3, -0.25) is 19.2 Å². The molecule has 5 rings (SSSR count). The van der Waals surface area contributed by atoms with Gasteiger partial charge in [-0.2, -0.15) is 0 Å². The number of esters is 1. The van der Waals surface area contributed by atoms with E-state index in [2.05, 4.69) is 0 Å². The van der Waals surface area contributed by atoms with Gasteiger partial charge in [0.2, 0.25) is 5.78 Å².